The summed E-state index contributed by atoms with van der Waals surface area (Å²) in [6.45, 7) is 2.95. The summed E-state index contributed by atoms with van der Waals surface area (Å²) in [6, 6.07) is 5.80. The molecule has 0 aliphatic carbocycles. The second kappa shape index (κ2) is 4.97. The number of benzene rings is 1. The van der Waals surface area contributed by atoms with Gasteiger partial charge in [-0.1, -0.05) is 15.9 Å². The Bertz CT molecular complexity index is 400. The molecular formula is C12H15BrN2O. The molecule has 0 bridgehead atoms. The number of halogens is 1. The smallest absolute Gasteiger partial charge is 0.241 e. The monoisotopic (exact) mass is 282 g/mol. The van der Waals surface area contributed by atoms with Crippen molar-refractivity contribution in [2.45, 2.75) is 25.8 Å². The van der Waals surface area contributed by atoms with Crippen LogP contribution in [0.25, 0.3) is 0 Å². The summed E-state index contributed by atoms with van der Waals surface area (Å²) in [4.78, 5) is 11.8. The van der Waals surface area contributed by atoms with Crippen LogP contribution in [-0.2, 0) is 4.79 Å². The molecule has 3 nitrogen and oxygen atoms in total. The van der Waals surface area contributed by atoms with Gasteiger partial charge in [0.2, 0.25) is 5.91 Å². The van der Waals surface area contributed by atoms with E-state index in [-0.39, 0.29) is 11.9 Å². The minimum absolute atomic E-state index is 0.0241. The largest absolute Gasteiger partial charge is 0.325 e. The first-order valence-corrected chi connectivity index (χ1v) is 6.26. The first-order chi connectivity index (χ1) is 7.66. The zero-order valence-electron chi connectivity index (χ0n) is 9.22. The Labute approximate surface area is 104 Å². The molecule has 1 fully saturated rings. The van der Waals surface area contributed by atoms with E-state index in [0.717, 1.165) is 35.1 Å². The van der Waals surface area contributed by atoms with E-state index in [4.69, 9.17) is 0 Å². The fourth-order valence-corrected chi connectivity index (χ4v) is 2.11. The van der Waals surface area contributed by atoms with Gasteiger partial charge in [0.1, 0.15) is 0 Å². The molecule has 86 valence electrons. The van der Waals surface area contributed by atoms with Gasteiger partial charge >= 0.3 is 0 Å². The number of hydrogen-bond donors (Lipinski definition) is 2. The summed E-state index contributed by atoms with van der Waals surface area (Å²) < 4.78 is 1.06. The molecule has 1 saturated heterocycles. The Morgan fingerprint density at radius 2 is 2.38 bits per heavy atom. The molecular weight excluding hydrogens is 268 g/mol. The highest BCUT2D eigenvalue weighted by molar-refractivity contribution is 9.10. The minimum Gasteiger partial charge on any atom is -0.325 e. The normalized spacial score (nSPS) is 19.8. The average molecular weight is 283 g/mol. The maximum Gasteiger partial charge on any atom is 0.241 e. The summed E-state index contributed by atoms with van der Waals surface area (Å²) in [5.74, 6) is 0.0687. The van der Waals surface area contributed by atoms with Crippen LogP contribution in [0.5, 0.6) is 0 Å². The van der Waals surface area contributed by atoms with Crippen LogP contribution in [0.15, 0.2) is 22.7 Å². The zero-order valence-corrected chi connectivity index (χ0v) is 10.8. The third kappa shape index (κ3) is 2.62. The van der Waals surface area contributed by atoms with Gasteiger partial charge in [-0.15, -0.1) is 0 Å². The molecule has 0 aromatic heterocycles. The predicted octanol–water partition coefficient (Wildman–Crippen LogP) is 2.45. The van der Waals surface area contributed by atoms with E-state index in [2.05, 4.69) is 26.6 Å². The Kier molecular flexibility index (Phi) is 3.61. The Morgan fingerprint density at radius 1 is 1.56 bits per heavy atom. The van der Waals surface area contributed by atoms with Crippen molar-refractivity contribution in [1.29, 1.82) is 0 Å². The van der Waals surface area contributed by atoms with Gasteiger partial charge in [0, 0.05) is 10.2 Å². The topological polar surface area (TPSA) is 41.1 Å². The predicted molar refractivity (Wildman–Crippen MR) is 68.5 cm³/mol. The maximum absolute atomic E-state index is 11.8. The summed E-state index contributed by atoms with van der Waals surface area (Å²) >= 11 is 3.44. The Balaban J connectivity index is 2.02. The van der Waals surface area contributed by atoms with Crippen LogP contribution in [-0.4, -0.2) is 18.5 Å². The number of anilines is 1. The molecule has 2 rings (SSSR count). The third-order valence-electron chi connectivity index (χ3n) is 2.80. The van der Waals surface area contributed by atoms with Crippen molar-refractivity contribution < 1.29 is 4.79 Å². The van der Waals surface area contributed by atoms with Crippen molar-refractivity contribution in [3.05, 3.63) is 28.2 Å². The molecule has 0 unspecified atom stereocenters. The number of amides is 1. The Morgan fingerprint density at radius 3 is 3.00 bits per heavy atom. The SMILES string of the molecule is Cc1cc(NC(=O)[C@@H]2CCCN2)ccc1Br. The van der Waals surface area contributed by atoms with Gasteiger partial charge in [-0.2, -0.15) is 0 Å². The van der Waals surface area contributed by atoms with E-state index in [9.17, 15) is 4.79 Å². The summed E-state index contributed by atoms with van der Waals surface area (Å²) in [5.41, 5.74) is 1.98. The fraction of sp³-hybridized carbons (Fsp3) is 0.417. The van der Waals surface area contributed by atoms with Gasteiger partial charge in [-0.25, -0.2) is 0 Å². The van der Waals surface area contributed by atoms with Crippen molar-refractivity contribution in [2.75, 3.05) is 11.9 Å². The average Bonchev–Trinajstić information content (AvgIpc) is 2.77. The lowest BCUT2D eigenvalue weighted by atomic mass is 10.2. The molecule has 0 spiro atoms. The van der Waals surface area contributed by atoms with Gasteiger partial charge in [-0.05, 0) is 50.1 Å². The first kappa shape index (κ1) is 11.6. The molecule has 1 aliphatic rings. The van der Waals surface area contributed by atoms with Crippen LogP contribution in [0.4, 0.5) is 5.69 Å². The van der Waals surface area contributed by atoms with Crippen molar-refractivity contribution in [3.63, 3.8) is 0 Å². The van der Waals surface area contributed by atoms with Crippen LogP contribution in [0.3, 0.4) is 0 Å². The maximum atomic E-state index is 11.8. The molecule has 16 heavy (non-hydrogen) atoms. The lowest BCUT2D eigenvalue weighted by molar-refractivity contribution is -0.117. The lowest BCUT2D eigenvalue weighted by Gasteiger charge is -2.11. The van der Waals surface area contributed by atoms with Gasteiger partial charge < -0.3 is 10.6 Å². The number of carbonyl (C=O) groups excluding carboxylic acids is 1. The van der Waals surface area contributed by atoms with E-state index < -0.39 is 0 Å². The van der Waals surface area contributed by atoms with Gasteiger partial charge in [0.05, 0.1) is 6.04 Å². The summed E-state index contributed by atoms with van der Waals surface area (Å²) in [7, 11) is 0. The number of nitrogens with one attached hydrogen (secondary N) is 2. The number of hydrogen-bond acceptors (Lipinski definition) is 2. The van der Waals surface area contributed by atoms with E-state index >= 15 is 0 Å². The molecule has 1 aromatic carbocycles. The fourth-order valence-electron chi connectivity index (χ4n) is 1.86. The van der Waals surface area contributed by atoms with Gasteiger partial charge in [-0.3, -0.25) is 4.79 Å². The van der Waals surface area contributed by atoms with E-state index in [0.29, 0.717) is 0 Å². The van der Waals surface area contributed by atoms with Gasteiger partial charge in [0.15, 0.2) is 0 Å². The number of rotatable bonds is 2. The molecule has 2 N–H and O–H groups in total. The van der Waals surface area contributed by atoms with E-state index in [1.807, 2.05) is 25.1 Å². The molecule has 1 amide bonds. The molecule has 1 aromatic rings. The second-order valence-corrected chi connectivity index (χ2v) is 4.96. The third-order valence-corrected chi connectivity index (χ3v) is 3.69. The van der Waals surface area contributed by atoms with Gasteiger partial charge in [0.25, 0.3) is 0 Å². The van der Waals surface area contributed by atoms with Crippen molar-refractivity contribution in [1.82, 2.24) is 5.32 Å². The van der Waals surface area contributed by atoms with Crippen LogP contribution < -0.4 is 10.6 Å². The molecule has 0 radical (unpaired) electrons. The second-order valence-electron chi connectivity index (χ2n) is 4.10. The molecule has 1 heterocycles. The number of carbonyl (C=O) groups is 1. The highest BCUT2D eigenvalue weighted by Crippen LogP contribution is 2.20. The lowest BCUT2D eigenvalue weighted by Crippen LogP contribution is -2.35. The van der Waals surface area contributed by atoms with Crippen molar-refractivity contribution in [2.24, 2.45) is 0 Å². The highest BCUT2D eigenvalue weighted by atomic mass is 79.9. The van der Waals surface area contributed by atoms with Crippen LogP contribution in [0.1, 0.15) is 18.4 Å². The van der Waals surface area contributed by atoms with E-state index in [1.54, 1.807) is 0 Å². The Hall–Kier alpha value is -0.870. The van der Waals surface area contributed by atoms with E-state index in [1.165, 1.54) is 0 Å². The minimum atomic E-state index is -0.0241. The van der Waals surface area contributed by atoms with Crippen LogP contribution in [0.2, 0.25) is 0 Å². The molecule has 1 atom stereocenters. The molecule has 4 heteroatoms. The van der Waals surface area contributed by atoms with Crippen LogP contribution in [0, 0.1) is 6.92 Å². The summed E-state index contributed by atoms with van der Waals surface area (Å²) in [6.07, 6.45) is 2.01. The molecule has 1 aliphatic heterocycles. The highest BCUT2D eigenvalue weighted by Gasteiger charge is 2.21. The van der Waals surface area contributed by atoms with Crippen molar-refractivity contribution in [3.8, 4) is 0 Å². The first-order valence-electron chi connectivity index (χ1n) is 5.47. The quantitative estimate of drug-likeness (QED) is 0.875. The summed E-state index contributed by atoms with van der Waals surface area (Å²) in [5, 5.41) is 6.11. The zero-order chi connectivity index (χ0) is 11.5. The standard InChI is InChI=1S/C12H15BrN2O/c1-8-7-9(4-5-10(8)13)15-12(16)11-3-2-6-14-11/h4-5,7,11,14H,2-3,6H2,1H3,(H,15,16)/t11-/m0/s1. The number of aryl methyl sites for hydroxylation is 1. The van der Waals surface area contributed by atoms with Crippen LogP contribution >= 0.6 is 15.9 Å². The molecule has 0 saturated carbocycles. The van der Waals surface area contributed by atoms with Crippen molar-refractivity contribution >= 4 is 27.5 Å².